The molecule has 2 rings (SSSR count). The van der Waals surface area contributed by atoms with Gasteiger partial charge in [-0.05, 0) is 24.6 Å². The smallest absolute Gasteiger partial charge is 0.398 e. The predicted molar refractivity (Wildman–Crippen MR) is 71.3 cm³/mol. The maximum absolute atomic E-state index is 12.8. The van der Waals surface area contributed by atoms with Gasteiger partial charge in [-0.25, -0.2) is 8.42 Å². The maximum Gasteiger partial charge on any atom is 0.418 e. The van der Waals surface area contributed by atoms with E-state index in [1.165, 1.54) is 12.1 Å². The fourth-order valence-electron chi connectivity index (χ4n) is 2.30. The number of nitrogen functional groups attached to an aromatic ring is 1. The van der Waals surface area contributed by atoms with Gasteiger partial charge in [-0.1, -0.05) is 0 Å². The van der Waals surface area contributed by atoms with Crippen LogP contribution in [-0.2, 0) is 16.0 Å². The van der Waals surface area contributed by atoms with Gasteiger partial charge in [0.05, 0.1) is 17.1 Å². The molecule has 0 spiro atoms. The lowest BCUT2D eigenvalue weighted by atomic mass is 10.1. The molecular weight excluding hydrogens is 293 g/mol. The zero-order valence-corrected chi connectivity index (χ0v) is 11.6. The number of hydrogen-bond acceptors (Lipinski definition) is 4. The second-order valence-corrected chi connectivity index (χ2v) is 7.17. The monoisotopic (exact) mass is 308 g/mol. The first kappa shape index (κ1) is 15.0. The van der Waals surface area contributed by atoms with Crippen molar-refractivity contribution in [2.24, 2.45) is 0 Å². The first-order valence-electron chi connectivity index (χ1n) is 6.00. The second kappa shape index (κ2) is 4.83. The molecule has 0 amide bonds. The SMILES string of the molecule is CN(c1ccc(N)c(C(F)(F)F)c1)C1CCS(=O)(=O)C1. The van der Waals surface area contributed by atoms with Gasteiger partial charge in [-0.3, -0.25) is 0 Å². The van der Waals surface area contributed by atoms with E-state index in [1.807, 2.05) is 0 Å². The molecule has 1 aromatic rings. The van der Waals surface area contributed by atoms with E-state index < -0.39 is 21.6 Å². The minimum atomic E-state index is -4.53. The van der Waals surface area contributed by atoms with Gasteiger partial charge in [0.25, 0.3) is 0 Å². The maximum atomic E-state index is 12.8. The van der Waals surface area contributed by atoms with Gasteiger partial charge in [0.15, 0.2) is 9.84 Å². The fraction of sp³-hybridized carbons (Fsp3) is 0.500. The van der Waals surface area contributed by atoms with Crippen LogP contribution in [0.2, 0.25) is 0 Å². The fourth-order valence-corrected chi connectivity index (χ4v) is 4.08. The van der Waals surface area contributed by atoms with Crippen LogP contribution in [0.3, 0.4) is 0 Å². The van der Waals surface area contributed by atoms with Crippen molar-refractivity contribution >= 4 is 21.2 Å². The van der Waals surface area contributed by atoms with E-state index in [9.17, 15) is 21.6 Å². The lowest BCUT2D eigenvalue weighted by Gasteiger charge is -2.26. The summed E-state index contributed by atoms with van der Waals surface area (Å²) in [7, 11) is -1.49. The topological polar surface area (TPSA) is 63.4 Å². The van der Waals surface area contributed by atoms with Crippen molar-refractivity contribution in [3.63, 3.8) is 0 Å². The van der Waals surface area contributed by atoms with Crippen molar-refractivity contribution in [1.82, 2.24) is 0 Å². The number of sulfone groups is 1. The van der Waals surface area contributed by atoms with Crippen molar-refractivity contribution in [3.8, 4) is 0 Å². The average Bonchev–Trinajstić information content (AvgIpc) is 2.68. The van der Waals surface area contributed by atoms with Gasteiger partial charge in [0, 0.05) is 24.5 Å². The molecule has 20 heavy (non-hydrogen) atoms. The molecule has 1 aliphatic heterocycles. The van der Waals surface area contributed by atoms with Crippen molar-refractivity contribution in [3.05, 3.63) is 23.8 Å². The highest BCUT2D eigenvalue weighted by atomic mass is 32.2. The summed E-state index contributed by atoms with van der Waals surface area (Å²) in [4.78, 5) is 1.57. The standard InChI is InChI=1S/C12H15F3N2O2S/c1-17(9-4-5-20(18,19)7-9)8-2-3-11(16)10(6-8)12(13,14)15/h2-3,6,9H,4-5,7,16H2,1H3. The van der Waals surface area contributed by atoms with Gasteiger partial charge in [-0.15, -0.1) is 0 Å². The molecular formula is C12H15F3N2O2S. The number of nitrogens with zero attached hydrogens (tertiary/aromatic N) is 1. The van der Waals surface area contributed by atoms with Crippen molar-refractivity contribution < 1.29 is 21.6 Å². The van der Waals surface area contributed by atoms with Crippen LogP contribution in [0.25, 0.3) is 0 Å². The Morgan fingerprint density at radius 3 is 2.50 bits per heavy atom. The van der Waals surface area contributed by atoms with E-state index >= 15 is 0 Å². The summed E-state index contributed by atoms with van der Waals surface area (Å²) in [5, 5.41) is 0. The minimum absolute atomic E-state index is 0.0325. The highest BCUT2D eigenvalue weighted by Crippen LogP contribution is 2.36. The third kappa shape index (κ3) is 3.00. The van der Waals surface area contributed by atoms with Crippen LogP contribution in [-0.4, -0.2) is 33.0 Å². The molecule has 8 heteroatoms. The first-order chi connectivity index (χ1) is 9.10. The summed E-state index contributed by atoms with van der Waals surface area (Å²) in [5.74, 6) is 0.0400. The summed E-state index contributed by atoms with van der Waals surface area (Å²) < 4.78 is 61.3. The number of nitrogens with two attached hydrogens (primary N) is 1. The molecule has 0 saturated carbocycles. The minimum Gasteiger partial charge on any atom is -0.398 e. The third-order valence-corrected chi connectivity index (χ3v) is 5.26. The molecule has 0 aliphatic carbocycles. The quantitative estimate of drug-likeness (QED) is 0.848. The molecule has 1 aromatic carbocycles. The summed E-state index contributed by atoms with van der Waals surface area (Å²) in [6.45, 7) is 0. The zero-order valence-electron chi connectivity index (χ0n) is 10.8. The molecule has 1 saturated heterocycles. The Kier molecular flexibility index (Phi) is 3.62. The molecule has 0 bridgehead atoms. The highest BCUT2D eigenvalue weighted by molar-refractivity contribution is 7.91. The van der Waals surface area contributed by atoms with Crippen LogP contribution in [0.15, 0.2) is 18.2 Å². The van der Waals surface area contributed by atoms with Crippen LogP contribution >= 0.6 is 0 Å². The Hall–Kier alpha value is -1.44. The van der Waals surface area contributed by atoms with Gasteiger partial charge in [-0.2, -0.15) is 13.2 Å². The van der Waals surface area contributed by atoms with Crippen molar-refractivity contribution in [2.75, 3.05) is 29.2 Å². The van der Waals surface area contributed by atoms with Gasteiger partial charge in [0.2, 0.25) is 0 Å². The summed E-state index contributed by atoms with van der Waals surface area (Å²) in [6.07, 6.45) is -4.10. The lowest BCUT2D eigenvalue weighted by molar-refractivity contribution is -0.136. The molecule has 4 nitrogen and oxygen atoms in total. The van der Waals surface area contributed by atoms with Gasteiger partial charge in [0.1, 0.15) is 0 Å². The van der Waals surface area contributed by atoms with E-state index in [0.29, 0.717) is 12.1 Å². The van der Waals surface area contributed by atoms with Crippen LogP contribution in [0, 0.1) is 0 Å². The van der Waals surface area contributed by atoms with E-state index in [2.05, 4.69) is 0 Å². The molecule has 112 valence electrons. The molecule has 0 radical (unpaired) electrons. The molecule has 1 unspecified atom stereocenters. The van der Waals surface area contributed by atoms with Crippen LogP contribution < -0.4 is 10.6 Å². The Labute approximate surface area is 115 Å². The second-order valence-electron chi connectivity index (χ2n) is 4.94. The number of anilines is 2. The van der Waals surface area contributed by atoms with E-state index in [4.69, 9.17) is 5.73 Å². The summed E-state index contributed by atoms with van der Waals surface area (Å²) in [5.41, 5.74) is 4.41. The predicted octanol–water partition coefficient (Wildman–Crippen LogP) is 1.91. The van der Waals surface area contributed by atoms with Crippen LogP contribution in [0.5, 0.6) is 0 Å². The Morgan fingerprint density at radius 2 is 2.00 bits per heavy atom. The average molecular weight is 308 g/mol. The largest absolute Gasteiger partial charge is 0.418 e. The Morgan fingerprint density at radius 1 is 1.35 bits per heavy atom. The molecule has 1 fully saturated rings. The Balaban J connectivity index is 2.30. The highest BCUT2D eigenvalue weighted by Gasteiger charge is 2.35. The number of rotatable bonds is 2. The number of halogens is 3. The van der Waals surface area contributed by atoms with Crippen LogP contribution in [0.4, 0.5) is 24.5 Å². The van der Waals surface area contributed by atoms with Crippen LogP contribution in [0.1, 0.15) is 12.0 Å². The van der Waals surface area contributed by atoms with E-state index in [1.54, 1.807) is 11.9 Å². The number of benzene rings is 1. The molecule has 2 N–H and O–H groups in total. The van der Waals surface area contributed by atoms with Crippen molar-refractivity contribution in [2.45, 2.75) is 18.6 Å². The number of alkyl halides is 3. The first-order valence-corrected chi connectivity index (χ1v) is 7.82. The van der Waals surface area contributed by atoms with Gasteiger partial charge < -0.3 is 10.6 Å². The summed E-state index contributed by atoms with van der Waals surface area (Å²) in [6, 6.07) is 3.32. The summed E-state index contributed by atoms with van der Waals surface area (Å²) >= 11 is 0. The molecule has 1 atom stereocenters. The zero-order chi connectivity index (χ0) is 15.1. The van der Waals surface area contributed by atoms with Gasteiger partial charge >= 0.3 is 6.18 Å². The van der Waals surface area contributed by atoms with E-state index in [-0.39, 0.29) is 23.2 Å². The van der Waals surface area contributed by atoms with Crippen molar-refractivity contribution in [1.29, 1.82) is 0 Å². The van der Waals surface area contributed by atoms with E-state index in [0.717, 1.165) is 6.07 Å². The third-order valence-electron chi connectivity index (χ3n) is 3.51. The normalized spacial score (nSPS) is 21.9. The molecule has 0 aromatic heterocycles. The molecule has 1 heterocycles. The Bertz CT molecular complexity index is 614. The number of hydrogen-bond donors (Lipinski definition) is 1. The lowest BCUT2D eigenvalue weighted by Crippen LogP contribution is -2.32. The molecule has 1 aliphatic rings.